The van der Waals surface area contributed by atoms with Crippen LogP contribution in [0.4, 0.5) is 17.1 Å². The number of hydrogen-bond acceptors (Lipinski definition) is 4. The highest BCUT2D eigenvalue weighted by atomic mass is 32.2. The molecule has 0 bridgehead atoms. The predicted octanol–water partition coefficient (Wildman–Crippen LogP) is 8.44. The molecule has 0 unspecified atom stereocenters. The van der Waals surface area contributed by atoms with Crippen LogP contribution in [0, 0.1) is 0 Å². The molecule has 42 heavy (non-hydrogen) atoms. The number of nitrogens with zero attached hydrogens (tertiary/aromatic N) is 1. The van der Waals surface area contributed by atoms with E-state index < -0.39 is 7.12 Å². The van der Waals surface area contributed by atoms with Gasteiger partial charge in [-0.25, -0.2) is 0 Å². The summed E-state index contributed by atoms with van der Waals surface area (Å²) in [6.45, 7) is 0. The molecule has 5 heteroatoms. The first kappa shape index (κ1) is 26.4. The van der Waals surface area contributed by atoms with E-state index in [9.17, 15) is 10.0 Å². The fourth-order valence-corrected chi connectivity index (χ4v) is 6.82. The van der Waals surface area contributed by atoms with Gasteiger partial charge in [0.05, 0.1) is 0 Å². The molecule has 0 fully saturated rings. The predicted molar refractivity (Wildman–Crippen MR) is 177 cm³/mol. The lowest BCUT2D eigenvalue weighted by Crippen LogP contribution is -2.29. The highest BCUT2D eigenvalue weighted by Gasteiger charge is 2.20. The Hall–Kier alpha value is -4.55. The zero-order valence-electron chi connectivity index (χ0n) is 22.9. The molecule has 6 aromatic carbocycles. The molecule has 2 N–H and O–H groups in total. The summed E-state index contributed by atoms with van der Waals surface area (Å²) in [5.74, 6) is 0.952. The molecular formula is C37H28BNO2S. The first-order valence-electron chi connectivity index (χ1n) is 14.0. The Morgan fingerprint density at radius 3 is 1.67 bits per heavy atom. The number of hydrogen-bond donors (Lipinski definition) is 2. The number of anilines is 3. The summed E-state index contributed by atoms with van der Waals surface area (Å²) in [6, 6.07) is 50.3. The maximum absolute atomic E-state index is 9.64. The van der Waals surface area contributed by atoms with Crippen molar-refractivity contribution in [2.24, 2.45) is 0 Å². The maximum Gasteiger partial charge on any atom is 0.488 e. The van der Waals surface area contributed by atoms with E-state index >= 15 is 0 Å². The molecule has 1 aliphatic heterocycles. The minimum atomic E-state index is -1.50. The van der Waals surface area contributed by atoms with Gasteiger partial charge >= 0.3 is 7.12 Å². The third kappa shape index (κ3) is 5.03. The highest BCUT2D eigenvalue weighted by Crippen LogP contribution is 2.45. The van der Waals surface area contributed by atoms with Crippen molar-refractivity contribution >= 4 is 41.4 Å². The largest absolute Gasteiger partial charge is 0.488 e. The molecular weight excluding hydrogens is 533 g/mol. The Morgan fingerprint density at radius 1 is 0.476 bits per heavy atom. The van der Waals surface area contributed by atoms with Crippen molar-refractivity contribution in [3.05, 3.63) is 151 Å². The van der Waals surface area contributed by atoms with Crippen LogP contribution in [0.2, 0.25) is 0 Å². The van der Waals surface area contributed by atoms with Gasteiger partial charge in [0.25, 0.3) is 0 Å². The molecule has 0 saturated carbocycles. The zero-order chi connectivity index (χ0) is 28.5. The fourth-order valence-electron chi connectivity index (χ4n) is 5.70. The second-order valence-electron chi connectivity index (χ2n) is 10.4. The molecule has 6 aromatic rings. The number of benzene rings is 6. The van der Waals surface area contributed by atoms with Gasteiger partial charge in [0, 0.05) is 27.7 Å². The average Bonchev–Trinajstić information content (AvgIpc) is 3.06. The minimum Gasteiger partial charge on any atom is -0.423 e. The smallest absolute Gasteiger partial charge is 0.423 e. The summed E-state index contributed by atoms with van der Waals surface area (Å²) in [5, 5.41) is 19.3. The lowest BCUT2D eigenvalue weighted by atomic mass is 9.80. The van der Waals surface area contributed by atoms with E-state index in [1.807, 2.05) is 30.0 Å². The van der Waals surface area contributed by atoms with Crippen molar-refractivity contribution < 1.29 is 10.0 Å². The molecule has 1 aliphatic rings. The monoisotopic (exact) mass is 561 g/mol. The number of thioether (sulfide) groups is 1. The summed E-state index contributed by atoms with van der Waals surface area (Å²) in [5.41, 5.74) is 12.2. The summed E-state index contributed by atoms with van der Waals surface area (Å²) in [4.78, 5) is 3.53. The van der Waals surface area contributed by atoms with E-state index in [-0.39, 0.29) is 0 Å². The summed E-state index contributed by atoms with van der Waals surface area (Å²) >= 11 is 1.90. The van der Waals surface area contributed by atoms with Gasteiger partial charge < -0.3 is 14.9 Å². The highest BCUT2D eigenvalue weighted by molar-refractivity contribution is 7.98. The van der Waals surface area contributed by atoms with Crippen molar-refractivity contribution in [1.82, 2.24) is 0 Å². The first-order chi connectivity index (χ1) is 20.7. The fraction of sp³-hybridized carbons (Fsp3) is 0.0270. The van der Waals surface area contributed by atoms with Crippen LogP contribution in [0.1, 0.15) is 5.56 Å². The Labute approximate surface area is 250 Å². The van der Waals surface area contributed by atoms with Gasteiger partial charge in [0.15, 0.2) is 0 Å². The van der Waals surface area contributed by atoms with E-state index in [1.165, 1.54) is 38.3 Å². The second kappa shape index (κ2) is 11.4. The second-order valence-corrected chi connectivity index (χ2v) is 11.4. The van der Waals surface area contributed by atoms with Gasteiger partial charge in [-0.15, -0.1) is 11.8 Å². The first-order valence-corrected chi connectivity index (χ1v) is 15.0. The lowest BCUT2D eigenvalue weighted by Gasteiger charge is -2.26. The van der Waals surface area contributed by atoms with Gasteiger partial charge in [-0.3, -0.25) is 0 Å². The van der Waals surface area contributed by atoms with Gasteiger partial charge in [0.1, 0.15) is 0 Å². The van der Waals surface area contributed by atoms with E-state index in [0.717, 1.165) is 28.4 Å². The van der Waals surface area contributed by atoms with E-state index in [2.05, 4.69) is 120 Å². The van der Waals surface area contributed by atoms with Gasteiger partial charge in [-0.1, -0.05) is 103 Å². The van der Waals surface area contributed by atoms with Crippen molar-refractivity contribution in [1.29, 1.82) is 0 Å². The van der Waals surface area contributed by atoms with E-state index in [1.54, 1.807) is 12.1 Å². The molecule has 202 valence electrons. The SMILES string of the molecule is OB(O)c1ccc(N(c2ccc(-c3ccccc3)cc2)c2ccc(-c3cccc4c3CSc3ccccc3-4)cc2)cc1. The molecule has 1 heterocycles. The average molecular weight is 562 g/mol. The Kier molecular flexibility index (Phi) is 7.14. The van der Waals surface area contributed by atoms with Crippen LogP contribution in [0.15, 0.2) is 150 Å². The van der Waals surface area contributed by atoms with E-state index in [0.29, 0.717) is 5.46 Å². The van der Waals surface area contributed by atoms with Gasteiger partial charge in [0.2, 0.25) is 0 Å². The zero-order valence-corrected chi connectivity index (χ0v) is 23.7. The molecule has 0 radical (unpaired) electrons. The summed E-state index contributed by atoms with van der Waals surface area (Å²) in [7, 11) is -1.50. The number of fused-ring (bicyclic) bond motifs is 3. The van der Waals surface area contributed by atoms with Crippen LogP contribution in [0.3, 0.4) is 0 Å². The van der Waals surface area contributed by atoms with Crippen molar-refractivity contribution in [3.8, 4) is 33.4 Å². The number of rotatable bonds is 6. The van der Waals surface area contributed by atoms with Crippen LogP contribution < -0.4 is 10.4 Å². The third-order valence-electron chi connectivity index (χ3n) is 7.84. The van der Waals surface area contributed by atoms with Crippen molar-refractivity contribution in [2.45, 2.75) is 10.6 Å². The van der Waals surface area contributed by atoms with Gasteiger partial charge in [-0.2, -0.15) is 0 Å². The summed E-state index contributed by atoms with van der Waals surface area (Å²) < 4.78 is 0. The molecule has 0 atom stereocenters. The standard InChI is InChI=1S/C37H28BNO2S/c40-38(41)29-17-23-32(24-18-29)39(30-19-13-27(14-20-30)26-7-2-1-3-8-26)31-21-15-28(16-22-31)33-10-6-11-34-35-9-4-5-12-37(35)42-25-36(33)34/h1-24,40-41H,25H2. The van der Waals surface area contributed by atoms with Crippen LogP contribution in [-0.2, 0) is 5.75 Å². The Balaban J connectivity index is 1.27. The third-order valence-corrected chi connectivity index (χ3v) is 8.94. The molecule has 3 nitrogen and oxygen atoms in total. The minimum absolute atomic E-state index is 0.460. The maximum atomic E-state index is 9.64. The van der Waals surface area contributed by atoms with Crippen LogP contribution in [-0.4, -0.2) is 17.2 Å². The Bertz CT molecular complexity index is 1840. The molecule has 0 aromatic heterocycles. The van der Waals surface area contributed by atoms with Crippen molar-refractivity contribution in [3.63, 3.8) is 0 Å². The topological polar surface area (TPSA) is 43.7 Å². The summed E-state index contributed by atoms with van der Waals surface area (Å²) in [6.07, 6.45) is 0. The van der Waals surface area contributed by atoms with Crippen LogP contribution >= 0.6 is 11.8 Å². The molecule has 0 amide bonds. The molecule has 0 spiro atoms. The van der Waals surface area contributed by atoms with E-state index in [4.69, 9.17) is 0 Å². The normalized spacial score (nSPS) is 11.9. The molecule has 0 aliphatic carbocycles. The van der Waals surface area contributed by atoms with Crippen LogP contribution in [0.25, 0.3) is 33.4 Å². The quantitative estimate of drug-likeness (QED) is 0.200. The van der Waals surface area contributed by atoms with Crippen molar-refractivity contribution in [2.75, 3.05) is 4.90 Å². The van der Waals surface area contributed by atoms with Crippen LogP contribution in [0.5, 0.6) is 0 Å². The Morgan fingerprint density at radius 2 is 1.00 bits per heavy atom. The molecule has 7 rings (SSSR count). The lowest BCUT2D eigenvalue weighted by molar-refractivity contribution is 0.426. The molecule has 0 saturated heterocycles. The van der Waals surface area contributed by atoms with Gasteiger partial charge in [-0.05, 0) is 86.9 Å².